The predicted octanol–water partition coefficient (Wildman–Crippen LogP) is 2.83. The van der Waals surface area contributed by atoms with Gasteiger partial charge in [0.2, 0.25) is 0 Å². The van der Waals surface area contributed by atoms with E-state index in [1.165, 1.54) is 12.0 Å². The molecule has 1 fully saturated rings. The van der Waals surface area contributed by atoms with Crippen molar-refractivity contribution in [2.75, 3.05) is 0 Å². The van der Waals surface area contributed by atoms with E-state index in [2.05, 4.69) is 13.0 Å². The molecule has 0 saturated heterocycles. The van der Waals surface area contributed by atoms with Crippen LogP contribution in [0.2, 0.25) is 0 Å². The highest BCUT2D eigenvalue weighted by Crippen LogP contribution is 2.49. The van der Waals surface area contributed by atoms with Crippen LogP contribution in [0, 0.1) is 5.92 Å². The molecule has 1 saturated carbocycles. The molecule has 0 heterocycles. The molecule has 78 valence electrons. The summed E-state index contributed by atoms with van der Waals surface area (Å²) in [5.74, 6) is 0.646. The number of carbonyl (C=O) groups is 1. The Morgan fingerprint density at radius 2 is 2.50 bits per heavy atom. The lowest BCUT2D eigenvalue weighted by Crippen LogP contribution is -2.31. The summed E-state index contributed by atoms with van der Waals surface area (Å²) in [7, 11) is 0. The third-order valence-corrected chi connectivity index (χ3v) is 3.48. The summed E-state index contributed by atoms with van der Waals surface area (Å²) in [5.41, 5.74) is 1.08. The number of rotatable bonds is 3. The van der Waals surface area contributed by atoms with Gasteiger partial charge in [-0.05, 0) is 44.1 Å². The molecule has 0 spiro atoms. The molecule has 2 aliphatic rings. The average Bonchev–Trinajstić information content (AvgIpc) is 2.61. The minimum absolute atomic E-state index is 0.0252. The second kappa shape index (κ2) is 3.41. The fraction of sp³-hybridized carbons (Fsp3) is 0.750. The maximum Gasteiger partial charge on any atom is 0.306 e. The van der Waals surface area contributed by atoms with Crippen LogP contribution in [-0.2, 0) is 9.53 Å². The number of carbonyl (C=O) groups excluding carboxylic acids is 1. The van der Waals surface area contributed by atoms with Gasteiger partial charge in [0.25, 0.3) is 0 Å². The monoisotopic (exact) mass is 194 g/mol. The topological polar surface area (TPSA) is 26.3 Å². The van der Waals surface area contributed by atoms with Crippen LogP contribution in [0.5, 0.6) is 0 Å². The Bertz CT molecular complexity index is 280. The fourth-order valence-corrected chi connectivity index (χ4v) is 2.70. The lowest BCUT2D eigenvalue weighted by molar-refractivity contribution is -0.155. The number of allylic oxidation sites excluding steroid dienone is 1. The second-order valence-electron chi connectivity index (χ2n) is 4.57. The van der Waals surface area contributed by atoms with Gasteiger partial charge in [0.15, 0.2) is 0 Å². The largest absolute Gasteiger partial charge is 0.455 e. The van der Waals surface area contributed by atoms with Crippen molar-refractivity contribution in [3.05, 3.63) is 11.6 Å². The van der Waals surface area contributed by atoms with Crippen LogP contribution in [-0.4, -0.2) is 11.6 Å². The standard InChI is InChI=1S/C12H18O2/c1-3-4-11(13)14-12-6-5-10(8-12)7-9(12)2/h7,10H,3-6,8H2,1-2H3. The molecule has 2 heteroatoms. The lowest BCUT2D eigenvalue weighted by Gasteiger charge is -2.28. The van der Waals surface area contributed by atoms with Crippen molar-refractivity contribution < 1.29 is 9.53 Å². The number of hydrogen-bond acceptors (Lipinski definition) is 2. The zero-order valence-corrected chi connectivity index (χ0v) is 9.01. The van der Waals surface area contributed by atoms with Gasteiger partial charge in [-0.25, -0.2) is 0 Å². The van der Waals surface area contributed by atoms with E-state index < -0.39 is 0 Å². The summed E-state index contributed by atoms with van der Waals surface area (Å²) in [6.07, 6.45) is 6.98. The van der Waals surface area contributed by atoms with Crippen LogP contribution in [0.3, 0.4) is 0 Å². The molecule has 0 N–H and O–H groups in total. The molecule has 0 radical (unpaired) electrons. The van der Waals surface area contributed by atoms with Crippen LogP contribution < -0.4 is 0 Å². The summed E-state index contributed by atoms with van der Waals surface area (Å²) in [5, 5.41) is 0. The van der Waals surface area contributed by atoms with Crippen molar-refractivity contribution in [1.82, 2.24) is 0 Å². The van der Waals surface area contributed by atoms with E-state index >= 15 is 0 Å². The van der Waals surface area contributed by atoms with E-state index in [0.717, 1.165) is 19.3 Å². The minimum Gasteiger partial charge on any atom is -0.455 e. The number of fused-ring (bicyclic) bond motifs is 2. The van der Waals surface area contributed by atoms with Gasteiger partial charge in [-0.15, -0.1) is 0 Å². The number of esters is 1. The van der Waals surface area contributed by atoms with E-state index in [9.17, 15) is 4.79 Å². The van der Waals surface area contributed by atoms with Crippen molar-refractivity contribution in [2.24, 2.45) is 5.92 Å². The van der Waals surface area contributed by atoms with Crippen molar-refractivity contribution in [1.29, 1.82) is 0 Å². The Balaban J connectivity index is 2.03. The molecule has 0 aromatic heterocycles. The first-order chi connectivity index (χ1) is 6.66. The molecule has 2 atom stereocenters. The molecule has 2 rings (SSSR count). The Morgan fingerprint density at radius 3 is 3.00 bits per heavy atom. The smallest absolute Gasteiger partial charge is 0.306 e. The number of hydrogen-bond donors (Lipinski definition) is 0. The second-order valence-corrected chi connectivity index (χ2v) is 4.57. The first-order valence-electron chi connectivity index (χ1n) is 5.57. The molecule has 2 bridgehead atoms. The van der Waals surface area contributed by atoms with Gasteiger partial charge in [-0.2, -0.15) is 0 Å². The summed E-state index contributed by atoms with van der Waals surface area (Å²) in [6, 6.07) is 0. The third kappa shape index (κ3) is 1.47. The highest BCUT2D eigenvalue weighted by atomic mass is 16.6. The van der Waals surface area contributed by atoms with E-state index in [1.807, 2.05) is 6.92 Å². The molecule has 0 amide bonds. The molecule has 0 aliphatic heterocycles. The van der Waals surface area contributed by atoms with Crippen molar-refractivity contribution in [3.8, 4) is 0 Å². The number of ether oxygens (including phenoxy) is 1. The predicted molar refractivity (Wildman–Crippen MR) is 54.8 cm³/mol. The average molecular weight is 194 g/mol. The van der Waals surface area contributed by atoms with Gasteiger partial charge in [-0.1, -0.05) is 13.0 Å². The molecule has 2 aliphatic carbocycles. The quantitative estimate of drug-likeness (QED) is 0.510. The molecule has 0 aromatic rings. The van der Waals surface area contributed by atoms with Gasteiger partial charge in [-0.3, -0.25) is 4.79 Å². The van der Waals surface area contributed by atoms with E-state index in [-0.39, 0.29) is 11.6 Å². The molecule has 14 heavy (non-hydrogen) atoms. The first kappa shape index (κ1) is 9.75. The molecule has 2 nitrogen and oxygen atoms in total. The summed E-state index contributed by atoms with van der Waals surface area (Å²) in [6.45, 7) is 4.10. The van der Waals surface area contributed by atoms with Crippen LogP contribution in [0.25, 0.3) is 0 Å². The van der Waals surface area contributed by atoms with Gasteiger partial charge < -0.3 is 4.74 Å². The first-order valence-corrected chi connectivity index (χ1v) is 5.57. The van der Waals surface area contributed by atoms with Crippen LogP contribution >= 0.6 is 0 Å². The highest BCUT2D eigenvalue weighted by molar-refractivity contribution is 5.70. The van der Waals surface area contributed by atoms with E-state index in [1.54, 1.807) is 0 Å². The molecule has 2 unspecified atom stereocenters. The van der Waals surface area contributed by atoms with Gasteiger partial charge in [0, 0.05) is 6.42 Å². The summed E-state index contributed by atoms with van der Waals surface area (Å²) in [4.78, 5) is 11.5. The zero-order chi connectivity index (χ0) is 10.2. The summed E-state index contributed by atoms with van der Waals surface area (Å²) >= 11 is 0. The van der Waals surface area contributed by atoms with Crippen molar-refractivity contribution >= 4 is 5.97 Å². The molecule has 0 aromatic carbocycles. The van der Waals surface area contributed by atoms with Gasteiger partial charge in [0.05, 0.1) is 0 Å². The molecular weight excluding hydrogens is 176 g/mol. The fourth-order valence-electron chi connectivity index (χ4n) is 2.70. The minimum atomic E-state index is -0.197. The summed E-state index contributed by atoms with van der Waals surface area (Å²) < 4.78 is 5.64. The van der Waals surface area contributed by atoms with E-state index in [0.29, 0.717) is 12.3 Å². The third-order valence-electron chi connectivity index (χ3n) is 3.48. The van der Waals surface area contributed by atoms with Crippen LogP contribution in [0.4, 0.5) is 0 Å². The van der Waals surface area contributed by atoms with Gasteiger partial charge >= 0.3 is 5.97 Å². The maximum atomic E-state index is 11.5. The normalized spacial score (nSPS) is 34.4. The lowest BCUT2D eigenvalue weighted by atomic mass is 9.95. The van der Waals surface area contributed by atoms with Crippen molar-refractivity contribution in [2.45, 2.75) is 51.6 Å². The Hall–Kier alpha value is -0.790. The van der Waals surface area contributed by atoms with Gasteiger partial charge in [0.1, 0.15) is 5.60 Å². The van der Waals surface area contributed by atoms with E-state index in [4.69, 9.17) is 4.74 Å². The maximum absolute atomic E-state index is 11.5. The Morgan fingerprint density at radius 1 is 1.71 bits per heavy atom. The zero-order valence-electron chi connectivity index (χ0n) is 9.01. The van der Waals surface area contributed by atoms with Crippen LogP contribution in [0.1, 0.15) is 46.0 Å². The van der Waals surface area contributed by atoms with Crippen LogP contribution in [0.15, 0.2) is 11.6 Å². The SMILES string of the molecule is CCCC(=O)OC12CCC(C=C1C)C2. The van der Waals surface area contributed by atoms with Crippen molar-refractivity contribution in [3.63, 3.8) is 0 Å². The Kier molecular flexibility index (Phi) is 2.38. The Labute approximate surface area is 85.3 Å². The molecular formula is C12H18O2. The highest BCUT2D eigenvalue weighted by Gasteiger charge is 2.47.